The first-order valence-corrected chi connectivity index (χ1v) is 10.5. The largest absolute Gasteiger partial charge is 0.488 e. The Balaban J connectivity index is 1.61. The maximum Gasteiger partial charge on any atom is 0.271 e. The number of primary amides is 1. The van der Waals surface area contributed by atoms with E-state index in [9.17, 15) is 9.59 Å². The normalized spacial score (nSPS) is 15.8. The summed E-state index contributed by atoms with van der Waals surface area (Å²) in [5, 5.41) is 7.90. The second-order valence-corrected chi connectivity index (χ2v) is 8.25. The Bertz CT molecular complexity index is 1100. The second kappa shape index (κ2) is 8.04. The highest BCUT2D eigenvalue weighted by molar-refractivity contribution is 7.09. The van der Waals surface area contributed by atoms with Gasteiger partial charge in [0.1, 0.15) is 23.6 Å². The standard InChI is InChI=1S/C20H23N5O4S/c1-12-16(30-11-22-12)10-29-13-3-4-15-14(9-13)17(25(2)24-15)18(26)23-20(19(21)27)5-7-28-8-6-20/h3-4,9,11H,5-8,10H2,1-2H3,(H2,21,27)(H,23,26). The van der Waals surface area contributed by atoms with E-state index in [0.29, 0.717) is 55.0 Å². The number of fused-ring (bicyclic) bond motifs is 1. The molecule has 1 aromatic carbocycles. The van der Waals surface area contributed by atoms with Gasteiger partial charge in [-0.3, -0.25) is 14.3 Å². The molecule has 1 aliphatic rings. The van der Waals surface area contributed by atoms with E-state index in [4.69, 9.17) is 15.2 Å². The molecule has 4 rings (SSSR count). The number of aryl methyl sites for hydroxylation is 2. The van der Waals surface area contributed by atoms with Crippen LogP contribution in [0.25, 0.3) is 10.9 Å². The summed E-state index contributed by atoms with van der Waals surface area (Å²) < 4.78 is 12.7. The second-order valence-electron chi connectivity index (χ2n) is 7.31. The van der Waals surface area contributed by atoms with Gasteiger partial charge in [-0.1, -0.05) is 0 Å². The first-order chi connectivity index (χ1) is 14.4. The van der Waals surface area contributed by atoms with Gasteiger partial charge < -0.3 is 20.5 Å². The van der Waals surface area contributed by atoms with E-state index in [-0.39, 0.29) is 0 Å². The quantitative estimate of drug-likeness (QED) is 0.615. The number of nitrogens with zero attached hydrogens (tertiary/aromatic N) is 3. The van der Waals surface area contributed by atoms with Crippen molar-refractivity contribution in [2.75, 3.05) is 13.2 Å². The van der Waals surface area contributed by atoms with E-state index in [2.05, 4.69) is 15.4 Å². The number of rotatable bonds is 6. The van der Waals surface area contributed by atoms with Crippen LogP contribution >= 0.6 is 11.3 Å². The Hall–Kier alpha value is -2.98. The molecule has 0 unspecified atom stereocenters. The number of nitrogens with one attached hydrogen (secondary N) is 1. The minimum absolute atomic E-state index is 0.340. The molecule has 3 aromatic rings. The Morgan fingerprint density at radius 3 is 2.80 bits per heavy atom. The van der Waals surface area contributed by atoms with Crippen molar-refractivity contribution in [1.82, 2.24) is 20.1 Å². The molecular weight excluding hydrogens is 406 g/mol. The fraction of sp³-hybridized carbons (Fsp3) is 0.400. The summed E-state index contributed by atoms with van der Waals surface area (Å²) in [6.07, 6.45) is 0.679. The van der Waals surface area contributed by atoms with Crippen molar-refractivity contribution in [2.45, 2.75) is 31.9 Å². The zero-order chi connectivity index (χ0) is 21.3. The third-order valence-electron chi connectivity index (χ3n) is 5.41. The van der Waals surface area contributed by atoms with E-state index in [1.807, 2.05) is 13.0 Å². The minimum Gasteiger partial charge on any atom is -0.488 e. The molecule has 0 radical (unpaired) electrons. The zero-order valence-electron chi connectivity index (χ0n) is 16.8. The first kappa shape index (κ1) is 20.3. The van der Waals surface area contributed by atoms with Crippen molar-refractivity contribution in [3.05, 3.63) is 40.0 Å². The van der Waals surface area contributed by atoms with Gasteiger partial charge in [0.25, 0.3) is 5.91 Å². The van der Waals surface area contributed by atoms with Gasteiger partial charge in [0.2, 0.25) is 5.91 Å². The Labute approximate surface area is 177 Å². The number of amides is 2. The number of benzene rings is 1. The van der Waals surface area contributed by atoms with Crippen LogP contribution in [-0.2, 0) is 23.2 Å². The lowest BCUT2D eigenvalue weighted by Crippen LogP contribution is -2.60. The molecule has 10 heteroatoms. The van der Waals surface area contributed by atoms with Gasteiger partial charge in [-0.2, -0.15) is 5.10 Å². The average molecular weight is 430 g/mol. The molecule has 1 saturated heterocycles. The van der Waals surface area contributed by atoms with Crippen LogP contribution in [0.4, 0.5) is 0 Å². The average Bonchev–Trinajstić information content (AvgIpc) is 3.28. The summed E-state index contributed by atoms with van der Waals surface area (Å²) in [4.78, 5) is 30.5. The molecule has 2 amide bonds. The number of thiazole rings is 1. The molecule has 2 aromatic heterocycles. The summed E-state index contributed by atoms with van der Waals surface area (Å²) in [7, 11) is 1.69. The summed E-state index contributed by atoms with van der Waals surface area (Å²) in [5.41, 5.74) is 8.22. The van der Waals surface area contributed by atoms with Gasteiger partial charge in [-0.25, -0.2) is 4.98 Å². The van der Waals surface area contributed by atoms with Crippen LogP contribution in [-0.4, -0.2) is 45.3 Å². The maximum absolute atomic E-state index is 13.2. The fourth-order valence-electron chi connectivity index (χ4n) is 3.58. The van der Waals surface area contributed by atoms with E-state index in [0.717, 1.165) is 10.6 Å². The predicted molar refractivity (Wildman–Crippen MR) is 111 cm³/mol. The SMILES string of the molecule is Cc1ncsc1COc1ccc2nn(C)c(C(=O)NC3(C(N)=O)CCOCC3)c2c1. The Morgan fingerprint density at radius 2 is 2.13 bits per heavy atom. The molecule has 0 saturated carbocycles. The minimum atomic E-state index is -1.12. The molecule has 3 N–H and O–H groups in total. The van der Waals surface area contributed by atoms with Crippen LogP contribution in [0.2, 0.25) is 0 Å². The van der Waals surface area contributed by atoms with Crippen molar-refractivity contribution in [3.8, 4) is 5.75 Å². The topological polar surface area (TPSA) is 121 Å². The van der Waals surface area contributed by atoms with Crippen molar-refractivity contribution >= 4 is 34.1 Å². The molecule has 30 heavy (non-hydrogen) atoms. The molecule has 3 heterocycles. The van der Waals surface area contributed by atoms with Crippen LogP contribution in [0.1, 0.15) is 33.9 Å². The number of ether oxygens (including phenoxy) is 2. The molecule has 1 aliphatic heterocycles. The first-order valence-electron chi connectivity index (χ1n) is 9.58. The monoisotopic (exact) mass is 429 g/mol. The molecule has 1 fully saturated rings. The molecule has 0 bridgehead atoms. The van der Waals surface area contributed by atoms with Gasteiger partial charge in [0.05, 0.1) is 21.6 Å². The number of carbonyl (C=O) groups excluding carboxylic acids is 2. The van der Waals surface area contributed by atoms with Crippen LogP contribution < -0.4 is 15.8 Å². The smallest absolute Gasteiger partial charge is 0.271 e. The van der Waals surface area contributed by atoms with Gasteiger partial charge in [-0.05, 0) is 25.1 Å². The lowest BCUT2D eigenvalue weighted by atomic mass is 9.89. The van der Waals surface area contributed by atoms with Gasteiger partial charge in [0.15, 0.2) is 0 Å². The highest BCUT2D eigenvalue weighted by atomic mass is 32.1. The maximum atomic E-state index is 13.2. The molecule has 0 aliphatic carbocycles. The van der Waals surface area contributed by atoms with E-state index in [1.54, 1.807) is 24.7 Å². The van der Waals surface area contributed by atoms with Gasteiger partial charge in [-0.15, -0.1) is 11.3 Å². The number of hydrogen-bond donors (Lipinski definition) is 2. The number of nitrogens with two attached hydrogens (primary N) is 1. The van der Waals surface area contributed by atoms with Crippen LogP contribution in [0.3, 0.4) is 0 Å². The summed E-state index contributed by atoms with van der Waals surface area (Å²) in [5.74, 6) is -0.348. The van der Waals surface area contributed by atoms with Crippen LogP contribution in [0.15, 0.2) is 23.7 Å². The van der Waals surface area contributed by atoms with Crippen molar-refractivity contribution in [3.63, 3.8) is 0 Å². The molecular formula is C20H23N5O4S. The number of hydrogen-bond acceptors (Lipinski definition) is 7. The fourth-order valence-corrected chi connectivity index (χ4v) is 4.27. The highest BCUT2D eigenvalue weighted by Gasteiger charge is 2.40. The lowest BCUT2D eigenvalue weighted by molar-refractivity contribution is -0.127. The summed E-state index contributed by atoms with van der Waals surface area (Å²) in [6, 6.07) is 5.41. The molecule has 0 spiro atoms. The zero-order valence-corrected chi connectivity index (χ0v) is 17.6. The van der Waals surface area contributed by atoms with Gasteiger partial charge >= 0.3 is 0 Å². The molecule has 9 nitrogen and oxygen atoms in total. The predicted octanol–water partition coefficient (Wildman–Crippen LogP) is 1.68. The Morgan fingerprint density at radius 1 is 1.37 bits per heavy atom. The lowest BCUT2D eigenvalue weighted by Gasteiger charge is -2.34. The summed E-state index contributed by atoms with van der Waals surface area (Å²) in [6.45, 7) is 3.07. The molecule has 0 atom stereocenters. The van der Waals surface area contributed by atoms with Gasteiger partial charge in [0, 0.05) is 38.5 Å². The third-order valence-corrected chi connectivity index (χ3v) is 6.31. The highest BCUT2D eigenvalue weighted by Crippen LogP contribution is 2.27. The number of carbonyl (C=O) groups is 2. The van der Waals surface area contributed by atoms with Crippen LogP contribution in [0.5, 0.6) is 5.75 Å². The molecule has 158 valence electrons. The number of aromatic nitrogens is 3. The van der Waals surface area contributed by atoms with Crippen molar-refractivity contribution < 1.29 is 19.1 Å². The van der Waals surface area contributed by atoms with E-state index >= 15 is 0 Å². The van der Waals surface area contributed by atoms with E-state index in [1.165, 1.54) is 16.0 Å². The summed E-state index contributed by atoms with van der Waals surface area (Å²) >= 11 is 1.54. The van der Waals surface area contributed by atoms with E-state index < -0.39 is 17.4 Å². The van der Waals surface area contributed by atoms with Crippen molar-refractivity contribution in [1.29, 1.82) is 0 Å². The van der Waals surface area contributed by atoms with Crippen LogP contribution in [0, 0.1) is 6.92 Å². The van der Waals surface area contributed by atoms with Crippen molar-refractivity contribution in [2.24, 2.45) is 12.8 Å². The Kier molecular flexibility index (Phi) is 5.44. The third kappa shape index (κ3) is 3.75.